The van der Waals surface area contributed by atoms with E-state index in [0.29, 0.717) is 23.0 Å². The first-order valence-electron chi connectivity index (χ1n) is 7.91. The van der Waals surface area contributed by atoms with Gasteiger partial charge in [0.05, 0.1) is 0 Å². The zero-order valence-electron chi connectivity index (χ0n) is 13.8. The highest BCUT2D eigenvalue weighted by Crippen LogP contribution is 2.24. The van der Waals surface area contributed by atoms with Gasteiger partial charge in [0.1, 0.15) is 0 Å². The molecule has 0 aliphatic rings. The van der Waals surface area contributed by atoms with Gasteiger partial charge in [-0.25, -0.2) is 9.78 Å². The quantitative estimate of drug-likeness (QED) is 0.461. The molecule has 6 heteroatoms. The summed E-state index contributed by atoms with van der Waals surface area (Å²) in [5, 5.41) is 0.599. The number of benzene rings is 1. The number of fused-ring (bicyclic) bond motifs is 1. The Hall–Kier alpha value is -1.66. The predicted molar refractivity (Wildman–Crippen MR) is 102 cm³/mol. The predicted octanol–water partition coefficient (Wildman–Crippen LogP) is 4.42. The number of rotatable bonds is 7. The average Bonchev–Trinajstić information content (AvgIpc) is 2.88. The number of hydrogen-bond donors (Lipinski definition) is 0. The highest BCUT2D eigenvalue weighted by Gasteiger charge is 2.09. The molecule has 2 heterocycles. The Morgan fingerprint density at radius 3 is 2.75 bits per heavy atom. The summed E-state index contributed by atoms with van der Waals surface area (Å²) in [4.78, 5) is 17.4. The second-order valence-corrected chi connectivity index (χ2v) is 8.46. The van der Waals surface area contributed by atoms with Gasteiger partial charge in [0.2, 0.25) is 0 Å². The van der Waals surface area contributed by atoms with E-state index in [0.717, 1.165) is 11.5 Å². The van der Waals surface area contributed by atoms with E-state index < -0.39 is 0 Å². The van der Waals surface area contributed by atoms with E-state index in [1.807, 2.05) is 11.8 Å². The van der Waals surface area contributed by atoms with Gasteiger partial charge in [0.25, 0.3) is 0 Å². The van der Waals surface area contributed by atoms with E-state index in [-0.39, 0.29) is 5.76 Å². The van der Waals surface area contributed by atoms with Gasteiger partial charge in [-0.2, -0.15) is 11.8 Å². The minimum absolute atomic E-state index is 0.334. The van der Waals surface area contributed by atoms with Gasteiger partial charge in [0.15, 0.2) is 11.2 Å². The molecule has 0 aliphatic heterocycles. The molecule has 0 radical (unpaired) electrons. The van der Waals surface area contributed by atoms with Crippen molar-refractivity contribution in [1.82, 2.24) is 9.55 Å². The summed E-state index contributed by atoms with van der Waals surface area (Å²) < 4.78 is 6.79. The maximum Gasteiger partial charge on any atom is 0.421 e. The summed E-state index contributed by atoms with van der Waals surface area (Å²) in [6.07, 6.45) is 1.68. The van der Waals surface area contributed by atoms with Crippen molar-refractivity contribution < 1.29 is 4.42 Å². The zero-order valence-corrected chi connectivity index (χ0v) is 15.4. The molecular weight excluding hydrogens is 340 g/mol. The molecule has 3 rings (SSSR count). The Kier molecular flexibility index (Phi) is 5.68. The van der Waals surface area contributed by atoms with Crippen LogP contribution in [0.15, 0.2) is 56.7 Å². The van der Waals surface area contributed by atoms with Crippen LogP contribution in [0.3, 0.4) is 0 Å². The number of hydrogen-bond acceptors (Lipinski definition) is 5. The zero-order chi connectivity index (χ0) is 16.9. The van der Waals surface area contributed by atoms with Crippen molar-refractivity contribution in [3.63, 3.8) is 0 Å². The SMILES string of the molecule is CC(C)Sc1ccc(CSCCn2c(=O)oc3cccnc32)cc1. The fourth-order valence-electron chi connectivity index (χ4n) is 2.38. The van der Waals surface area contributed by atoms with Crippen molar-refractivity contribution in [3.05, 3.63) is 58.7 Å². The van der Waals surface area contributed by atoms with Crippen molar-refractivity contribution in [2.45, 2.75) is 36.3 Å². The minimum Gasteiger partial charge on any atom is -0.406 e. The van der Waals surface area contributed by atoms with Crippen LogP contribution < -0.4 is 5.76 Å². The van der Waals surface area contributed by atoms with Crippen LogP contribution in [0.25, 0.3) is 11.2 Å². The Balaban J connectivity index is 1.53. The third-order valence-electron chi connectivity index (χ3n) is 3.45. The molecule has 4 nitrogen and oxygen atoms in total. The van der Waals surface area contributed by atoms with E-state index >= 15 is 0 Å². The van der Waals surface area contributed by atoms with Crippen LogP contribution >= 0.6 is 23.5 Å². The number of thioether (sulfide) groups is 2. The monoisotopic (exact) mass is 360 g/mol. The molecule has 0 saturated carbocycles. The summed E-state index contributed by atoms with van der Waals surface area (Å²) in [5.41, 5.74) is 2.47. The molecule has 3 aromatic rings. The van der Waals surface area contributed by atoms with Gasteiger partial charge >= 0.3 is 5.76 Å². The molecule has 0 amide bonds. The molecular formula is C18H20N2O2S2. The summed E-state index contributed by atoms with van der Waals surface area (Å²) in [5.74, 6) is 1.44. The molecule has 0 atom stereocenters. The third kappa shape index (κ3) is 4.24. The minimum atomic E-state index is -0.334. The second-order valence-electron chi connectivity index (χ2n) is 5.71. The Bertz CT molecular complexity index is 853. The number of aromatic nitrogens is 2. The van der Waals surface area contributed by atoms with E-state index in [1.54, 1.807) is 34.7 Å². The molecule has 2 aromatic heterocycles. The van der Waals surface area contributed by atoms with Crippen LogP contribution in [0.2, 0.25) is 0 Å². The number of nitrogens with zero attached hydrogens (tertiary/aromatic N) is 2. The van der Waals surface area contributed by atoms with Gasteiger partial charge in [-0.05, 0) is 29.8 Å². The second kappa shape index (κ2) is 7.94. The fraction of sp³-hybridized carbons (Fsp3) is 0.333. The van der Waals surface area contributed by atoms with Crippen molar-refractivity contribution in [1.29, 1.82) is 0 Å². The van der Waals surface area contributed by atoms with E-state index in [9.17, 15) is 4.79 Å². The molecule has 1 aromatic carbocycles. The van der Waals surface area contributed by atoms with Gasteiger partial charge in [0, 0.05) is 34.4 Å². The highest BCUT2D eigenvalue weighted by molar-refractivity contribution is 8.00. The van der Waals surface area contributed by atoms with Crippen molar-refractivity contribution in [2.24, 2.45) is 0 Å². The summed E-state index contributed by atoms with van der Waals surface area (Å²) in [6.45, 7) is 5.00. The van der Waals surface area contributed by atoms with E-state index in [1.165, 1.54) is 10.5 Å². The van der Waals surface area contributed by atoms with Gasteiger partial charge in [-0.15, -0.1) is 11.8 Å². The fourth-order valence-corrected chi connectivity index (χ4v) is 4.10. The Morgan fingerprint density at radius 2 is 2.00 bits per heavy atom. The standard InChI is InChI=1S/C18H20N2O2S2/c1-13(2)24-15-7-5-14(6-8-15)12-23-11-10-20-17-16(22-18(20)21)4-3-9-19-17/h3-9,13H,10-12H2,1-2H3. The maximum absolute atomic E-state index is 11.9. The molecule has 0 spiro atoms. The lowest BCUT2D eigenvalue weighted by molar-refractivity contribution is 0.514. The summed E-state index contributed by atoms with van der Waals surface area (Å²) in [7, 11) is 0. The number of oxazole rings is 1. The lowest BCUT2D eigenvalue weighted by Gasteiger charge is -2.06. The highest BCUT2D eigenvalue weighted by atomic mass is 32.2. The van der Waals surface area contributed by atoms with Gasteiger partial charge in [-0.1, -0.05) is 26.0 Å². The number of pyridine rings is 1. The van der Waals surface area contributed by atoms with Gasteiger partial charge in [-0.3, -0.25) is 4.57 Å². The van der Waals surface area contributed by atoms with Gasteiger partial charge < -0.3 is 4.42 Å². The molecule has 0 bridgehead atoms. The first kappa shape index (κ1) is 17.2. The molecule has 0 saturated heterocycles. The molecule has 0 unspecified atom stereocenters. The smallest absolute Gasteiger partial charge is 0.406 e. The average molecular weight is 361 g/mol. The lowest BCUT2D eigenvalue weighted by Crippen LogP contribution is -2.16. The molecule has 126 valence electrons. The summed E-state index contributed by atoms with van der Waals surface area (Å²) >= 11 is 3.68. The Morgan fingerprint density at radius 1 is 1.21 bits per heavy atom. The van der Waals surface area contributed by atoms with Crippen LogP contribution in [-0.4, -0.2) is 20.6 Å². The summed E-state index contributed by atoms with van der Waals surface area (Å²) in [6, 6.07) is 12.3. The molecule has 0 N–H and O–H groups in total. The van der Waals surface area contributed by atoms with Crippen molar-refractivity contribution in [3.8, 4) is 0 Å². The molecule has 0 fully saturated rings. The molecule has 24 heavy (non-hydrogen) atoms. The van der Waals surface area contributed by atoms with Crippen LogP contribution in [0.5, 0.6) is 0 Å². The van der Waals surface area contributed by atoms with Crippen LogP contribution in [0.4, 0.5) is 0 Å². The first-order chi connectivity index (χ1) is 11.6. The maximum atomic E-state index is 11.9. The van der Waals surface area contributed by atoms with Crippen molar-refractivity contribution >= 4 is 34.8 Å². The number of aryl methyl sites for hydroxylation is 1. The topological polar surface area (TPSA) is 48.0 Å². The molecule has 0 aliphatic carbocycles. The first-order valence-corrected chi connectivity index (χ1v) is 9.94. The lowest BCUT2D eigenvalue weighted by atomic mass is 10.2. The van der Waals surface area contributed by atoms with Crippen molar-refractivity contribution in [2.75, 3.05) is 5.75 Å². The van der Waals surface area contributed by atoms with Crippen LogP contribution in [0.1, 0.15) is 19.4 Å². The van der Waals surface area contributed by atoms with E-state index in [4.69, 9.17) is 4.42 Å². The largest absolute Gasteiger partial charge is 0.421 e. The van der Waals surface area contributed by atoms with E-state index in [2.05, 4.69) is 43.1 Å². The Labute approximate surface area is 149 Å². The van der Waals surface area contributed by atoms with Crippen LogP contribution in [-0.2, 0) is 12.3 Å². The van der Waals surface area contributed by atoms with Crippen LogP contribution in [0, 0.1) is 0 Å². The third-order valence-corrected chi connectivity index (χ3v) is 5.47. The normalized spacial score (nSPS) is 11.5.